The van der Waals surface area contributed by atoms with Gasteiger partial charge in [-0.3, -0.25) is 0 Å². The highest BCUT2D eigenvalue weighted by molar-refractivity contribution is 5.07. The zero-order valence-electron chi connectivity index (χ0n) is 11.9. The number of likely N-dealkylation sites (tertiary alicyclic amines) is 1. The van der Waals surface area contributed by atoms with Crippen LogP contribution in [0.15, 0.2) is 12.5 Å². The fourth-order valence-electron chi connectivity index (χ4n) is 3.14. The molecule has 3 heterocycles. The fourth-order valence-corrected chi connectivity index (χ4v) is 3.14. The van der Waals surface area contributed by atoms with Crippen molar-refractivity contribution in [2.75, 3.05) is 33.3 Å². The summed E-state index contributed by atoms with van der Waals surface area (Å²) < 4.78 is 8.22. The van der Waals surface area contributed by atoms with E-state index in [0.717, 1.165) is 26.2 Å². The third-order valence-electron chi connectivity index (χ3n) is 4.53. The Hall–Kier alpha value is -0.910. The minimum atomic E-state index is 0.159. The lowest BCUT2D eigenvalue weighted by Crippen LogP contribution is -2.39. The predicted molar refractivity (Wildman–Crippen MR) is 74.2 cm³/mol. The van der Waals surface area contributed by atoms with E-state index in [1.165, 1.54) is 18.5 Å². The number of ether oxygens (including phenoxy) is 1. The van der Waals surface area contributed by atoms with Crippen molar-refractivity contribution in [3.8, 4) is 0 Å². The quantitative estimate of drug-likeness (QED) is 0.871. The molecule has 0 bridgehead atoms. The number of rotatable bonds is 2. The van der Waals surface area contributed by atoms with E-state index in [2.05, 4.69) is 33.7 Å². The summed E-state index contributed by atoms with van der Waals surface area (Å²) in [5, 5.41) is 3.39. The molecule has 1 aromatic rings. The molecule has 1 aromatic heterocycles. The molecule has 0 aliphatic carbocycles. The van der Waals surface area contributed by atoms with Gasteiger partial charge in [0, 0.05) is 31.7 Å². The van der Waals surface area contributed by atoms with Crippen LogP contribution in [0.1, 0.15) is 37.6 Å². The zero-order valence-corrected chi connectivity index (χ0v) is 11.9. The van der Waals surface area contributed by atoms with Crippen LogP contribution in [-0.4, -0.2) is 53.8 Å². The predicted octanol–water partition coefficient (Wildman–Crippen LogP) is 1.20. The SMILES string of the molecule is CC1CC(n2cncc2C2CNCCO2)CCN1C. The van der Waals surface area contributed by atoms with Gasteiger partial charge < -0.3 is 19.5 Å². The third kappa shape index (κ3) is 2.68. The van der Waals surface area contributed by atoms with E-state index >= 15 is 0 Å². The van der Waals surface area contributed by atoms with E-state index in [-0.39, 0.29) is 6.10 Å². The lowest BCUT2D eigenvalue weighted by Gasteiger charge is -2.37. The van der Waals surface area contributed by atoms with Gasteiger partial charge in [-0.2, -0.15) is 0 Å². The van der Waals surface area contributed by atoms with Gasteiger partial charge in [0.25, 0.3) is 0 Å². The molecule has 2 aliphatic rings. The number of imidazole rings is 1. The summed E-state index contributed by atoms with van der Waals surface area (Å²) >= 11 is 0. The number of aromatic nitrogens is 2. The number of piperidine rings is 1. The molecule has 3 atom stereocenters. The van der Waals surface area contributed by atoms with Gasteiger partial charge >= 0.3 is 0 Å². The Labute approximate surface area is 114 Å². The van der Waals surface area contributed by atoms with Crippen molar-refractivity contribution in [2.45, 2.75) is 38.0 Å². The Morgan fingerprint density at radius 1 is 1.47 bits per heavy atom. The first kappa shape index (κ1) is 13.1. The summed E-state index contributed by atoms with van der Waals surface area (Å²) in [5.74, 6) is 0. The average molecular weight is 264 g/mol. The molecule has 2 fully saturated rings. The highest BCUT2D eigenvalue weighted by Gasteiger charge is 2.27. The van der Waals surface area contributed by atoms with Gasteiger partial charge in [0.15, 0.2) is 0 Å². The molecule has 3 unspecified atom stereocenters. The van der Waals surface area contributed by atoms with Crippen molar-refractivity contribution in [1.29, 1.82) is 0 Å². The summed E-state index contributed by atoms with van der Waals surface area (Å²) in [5.41, 5.74) is 1.23. The maximum Gasteiger partial charge on any atom is 0.111 e. The molecule has 2 saturated heterocycles. The molecular weight excluding hydrogens is 240 g/mol. The molecule has 106 valence electrons. The molecular formula is C14H24N4O. The summed E-state index contributed by atoms with van der Waals surface area (Å²) in [6, 6.07) is 1.20. The highest BCUT2D eigenvalue weighted by atomic mass is 16.5. The maximum atomic E-state index is 5.87. The highest BCUT2D eigenvalue weighted by Crippen LogP contribution is 2.30. The first-order valence-corrected chi connectivity index (χ1v) is 7.30. The van der Waals surface area contributed by atoms with Crippen molar-refractivity contribution in [3.63, 3.8) is 0 Å². The monoisotopic (exact) mass is 264 g/mol. The van der Waals surface area contributed by atoms with Gasteiger partial charge in [-0.05, 0) is 26.8 Å². The summed E-state index contributed by atoms with van der Waals surface area (Å²) in [7, 11) is 2.21. The van der Waals surface area contributed by atoms with E-state index < -0.39 is 0 Å². The standard InChI is InChI=1S/C14H24N4O/c1-11-7-12(3-5-17(11)2)18-10-16-8-13(18)14-9-15-4-6-19-14/h8,10-12,14-15H,3-7,9H2,1-2H3. The van der Waals surface area contributed by atoms with E-state index in [1.54, 1.807) is 0 Å². The molecule has 0 saturated carbocycles. The van der Waals surface area contributed by atoms with Crippen LogP contribution in [0.3, 0.4) is 0 Å². The number of hydrogen-bond donors (Lipinski definition) is 1. The number of nitrogens with one attached hydrogen (secondary N) is 1. The van der Waals surface area contributed by atoms with Gasteiger partial charge in [-0.1, -0.05) is 0 Å². The van der Waals surface area contributed by atoms with E-state index in [9.17, 15) is 0 Å². The second kappa shape index (κ2) is 5.61. The Kier molecular flexibility index (Phi) is 3.86. The molecule has 5 heteroatoms. The van der Waals surface area contributed by atoms with Gasteiger partial charge in [-0.25, -0.2) is 4.98 Å². The minimum absolute atomic E-state index is 0.159. The Bertz CT molecular complexity index is 413. The van der Waals surface area contributed by atoms with Crippen LogP contribution in [0.4, 0.5) is 0 Å². The van der Waals surface area contributed by atoms with Crippen LogP contribution in [0.5, 0.6) is 0 Å². The number of morpholine rings is 1. The van der Waals surface area contributed by atoms with Crippen molar-refractivity contribution in [1.82, 2.24) is 19.8 Å². The van der Waals surface area contributed by atoms with Crippen LogP contribution in [0.2, 0.25) is 0 Å². The Morgan fingerprint density at radius 2 is 2.37 bits per heavy atom. The van der Waals surface area contributed by atoms with Gasteiger partial charge in [0.1, 0.15) is 6.10 Å². The molecule has 0 amide bonds. The summed E-state index contributed by atoms with van der Waals surface area (Å²) in [6.07, 6.45) is 6.51. The summed E-state index contributed by atoms with van der Waals surface area (Å²) in [6.45, 7) is 6.11. The van der Waals surface area contributed by atoms with E-state index in [1.807, 2.05) is 12.5 Å². The van der Waals surface area contributed by atoms with Crippen molar-refractivity contribution >= 4 is 0 Å². The van der Waals surface area contributed by atoms with Crippen molar-refractivity contribution in [2.24, 2.45) is 0 Å². The van der Waals surface area contributed by atoms with Gasteiger partial charge in [0.2, 0.25) is 0 Å². The van der Waals surface area contributed by atoms with Gasteiger partial charge in [-0.15, -0.1) is 0 Å². The lowest BCUT2D eigenvalue weighted by atomic mass is 9.98. The van der Waals surface area contributed by atoms with Gasteiger partial charge in [0.05, 0.1) is 24.8 Å². The molecule has 19 heavy (non-hydrogen) atoms. The topological polar surface area (TPSA) is 42.3 Å². The largest absolute Gasteiger partial charge is 0.369 e. The van der Waals surface area contributed by atoms with Crippen LogP contribution in [0.25, 0.3) is 0 Å². The van der Waals surface area contributed by atoms with Crippen LogP contribution < -0.4 is 5.32 Å². The number of nitrogens with zero attached hydrogens (tertiary/aromatic N) is 3. The minimum Gasteiger partial charge on any atom is -0.369 e. The Morgan fingerprint density at radius 3 is 3.11 bits per heavy atom. The first-order chi connectivity index (χ1) is 9.25. The smallest absolute Gasteiger partial charge is 0.111 e. The van der Waals surface area contributed by atoms with Crippen LogP contribution in [0, 0.1) is 0 Å². The van der Waals surface area contributed by atoms with Crippen LogP contribution >= 0.6 is 0 Å². The molecule has 3 rings (SSSR count). The van der Waals surface area contributed by atoms with E-state index in [0.29, 0.717) is 12.1 Å². The first-order valence-electron chi connectivity index (χ1n) is 7.30. The zero-order chi connectivity index (χ0) is 13.2. The molecule has 0 spiro atoms. The molecule has 2 aliphatic heterocycles. The van der Waals surface area contributed by atoms with Crippen molar-refractivity contribution < 1.29 is 4.74 Å². The average Bonchev–Trinajstić information content (AvgIpc) is 2.92. The lowest BCUT2D eigenvalue weighted by molar-refractivity contribution is 0.0204. The fraction of sp³-hybridized carbons (Fsp3) is 0.786. The summed E-state index contributed by atoms with van der Waals surface area (Å²) in [4.78, 5) is 6.79. The third-order valence-corrected chi connectivity index (χ3v) is 4.53. The molecule has 0 radical (unpaired) electrons. The van der Waals surface area contributed by atoms with Crippen molar-refractivity contribution in [3.05, 3.63) is 18.2 Å². The molecule has 1 N–H and O–H groups in total. The Balaban J connectivity index is 1.76. The number of hydrogen-bond acceptors (Lipinski definition) is 4. The second-order valence-corrected chi connectivity index (χ2v) is 5.80. The van der Waals surface area contributed by atoms with E-state index in [4.69, 9.17) is 4.74 Å². The second-order valence-electron chi connectivity index (χ2n) is 5.80. The van der Waals surface area contributed by atoms with Crippen LogP contribution in [-0.2, 0) is 4.74 Å². The molecule has 0 aromatic carbocycles. The molecule has 5 nitrogen and oxygen atoms in total. The normalized spacial score (nSPS) is 33.5. The maximum absolute atomic E-state index is 5.87.